The summed E-state index contributed by atoms with van der Waals surface area (Å²) in [5.41, 5.74) is 5.50. The molecule has 3 nitrogen and oxygen atoms in total. The molecule has 0 aromatic carbocycles. The summed E-state index contributed by atoms with van der Waals surface area (Å²) < 4.78 is 0. The van der Waals surface area contributed by atoms with Gasteiger partial charge in [-0.3, -0.25) is 0 Å². The van der Waals surface area contributed by atoms with Crippen LogP contribution < -0.4 is 5.73 Å². The van der Waals surface area contributed by atoms with E-state index in [9.17, 15) is 5.11 Å². The van der Waals surface area contributed by atoms with E-state index in [1.54, 1.807) is 0 Å². The number of likely N-dealkylation sites (tertiary alicyclic amines) is 1. The lowest BCUT2D eigenvalue weighted by Crippen LogP contribution is -2.56. The van der Waals surface area contributed by atoms with E-state index in [2.05, 4.69) is 11.9 Å². The van der Waals surface area contributed by atoms with Gasteiger partial charge in [0, 0.05) is 25.0 Å². The summed E-state index contributed by atoms with van der Waals surface area (Å²) in [6.07, 6.45) is 6.56. The highest BCUT2D eigenvalue weighted by Crippen LogP contribution is 2.49. The van der Waals surface area contributed by atoms with E-state index in [-0.39, 0.29) is 5.41 Å². The molecule has 1 saturated heterocycles. The summed E-state index contributed by atoms with van der Waals surface area (Å²) in [6.45, 7) is 2.68. The number of hydrogen-bond acceptors (Lipinski definition) is 3. The van der Waals surface area contributed by atoms with Crippen molar-refractivity contribution in [1.29, 1.82) is 0 Å². The largest absolute Gasteiger partial charge is 0.389 e. The number of nitrogens with zero attached hydrogens (tertiary/aromatic N) is 1. The standard InChI is InChI=1S/C12H24N2O/c1-14-8-6-12(15,7-9-14)11(10-13)4-2-3-5-11/h15H,2-10,13H2,1H3. The van der Waals surface area contributed by atoms with Gasteiger partial charge in [-0.05, 0) is 32.7 Å². The van der Waals surface area contributed by atoms with Crippen molar-refractivity contribution in [2.75, 3.05) is 26.7 Å². The van der Waals surface area contributed by atoms with Gasteiger partial charge in [-0.15, -0.1) is 0 Å². The van der Waals surface area contributed by atoms with Gasteiger partial charge < -0.3 is 15.7 Å². The molecule has 2 aliphatic rings. The molecule has 0 unspecified atom stereocenters. The molecule has 1 heterocycles. The molecule has 1 saturated carbocycles. The van der Waals surface area contributed by atoms with E-state index in [0.29, 0.717) is 6.54 Å². The van der Waals surface area contributed by atoms with Crippen LogP contribution in [0.2, 0.25) is 0 Å². The predicted octanol–water partition coefficient (Wildman–Crippen LogP) is 0.962. The normalized spacial score (nSPS) is 30.6. The molecular formula is C12H24N2O. The highest BCUT2D eigenvalue weighted by molar-refractivity contribution is 5.04. The number of hydrogen-bond donors (Lipinski definition) is 2. The van der Waals surface area contributed by atoms with Gasteiger partial charge in [0.15, 0.2) is 0 Å². The molecule has 0 spiro atoms. The number of piperidine rings is 1. The van der Waals surface area contributed by atoms with Crippen molar-refractivity contribution >= 4 is 0 Å². The summed E-state index contributed by atoms with van der Waals surface area (Å²) in [4.78, 5) is 2.30. The van der Waals surface area contributed by atoms with Crippen LogP contribution in [0.4, 0.5) is 0 Å². The maximum absolute atomic E-state index is 10.8. The van der Waals surface area contributed by atoms with Gasteiger partial charge in [0.25, 0.3) is 0 Å². The van der Waals surface area contributed by atoms with Crippen molar-refractivity contribution in [3.63, 3.8) is 0 Å². The molecule has 1 aliphatic heterocycles. The van der Waals surface area contributed by atoms with Crippen LogP contribution in [0.15, 0.2) is 0 Å². The van der Waals surface area contributed by atoms with Crippen molar-refractivity contribution in [2.45, 2.75) is 44.1 Å². The van der Waals surface area contributed by atoms with Gasteiger partial charge in [-0.1, -0.05) is 12.8 Å². The van der Waals surface area contributed by atoms with Gasteiger partial charge >= 0.3 is 0 Å². The number of nitrogens with two attached hydrogens (primary N) is 1. The van der Waals surface area contributed by atoms with E-state index < -0.39 is 5.60 Å². The van der Waals surface area contributed by atoms with Crippen molar-refractivity contribution < 1.29 is 5.11 Å². The van der Waals surface area contributed by atoms with Crippen LogP contribution in [0, 0.1) is 5.41 Å². The molecule has 0 atom stereocenters. The van der Waals surface area contributed by atoms with Gasteiger partial charge in [0.1, 0.15) is 0 Å². The lowest BCUT2D eigenvalue weighted by Gasteiger charge is -2.48. The summed E-state index contributed by atoms with van der Waals surface area (Å²) in [6, 6.07) is 0. The zero-order valence-electron chi connectivity index (χ0n) is 9.84. The maximum atomic E-state index is 10.8. The Bertz CT molecular complexity index is 216. The molecule has 2 fully saturated rings. The second-order valence-electron chi connectivity index (χ2n) is 5.53. The molecule has 0 aromatic heterocycles. The Labute approximate surface area is 92.6 Å². The lowest BCUT2D eigenvalue weighted by molar-refractivity contribution is -0.113. The van der Waals surface area contributed by atoms with E-state index in [1.807, 2.05) is 0 Å². The number of aliphatic hydroxyl groups is 1. The summed E-state index contributed by atoms with van der Waals surface area (Å²) in [5, 5.41) is 10.8. The van der Waals surface area contributed by atoms with E-state index in [0.717, 1.165) is 38.8 Å². The van der Waals surface area contributed by atoms with Crippen molar-refractivity contribution in [2.24, 2.45) is 11.1 Å². The quantitative estimate of drug-likeness (QED) is 0.717. The molecule has 15 heavy (non-hydrogen) atoms. The van der Waals surface area contributed by atoms with Crippen molar-refractivity contribution in [1.82, 2.24) is 4.90 Å². The smallest absolute Gasteiger partial charge is 0.0740 e. The Kier molecular flexibility index (Phi) is 3.06. The average Bonchev–Trinajstić information content (AvgIpc) is 2.73. The van der Waals surface area contributed by atoms with E-state index in [1.165, 1.54) is 12.8 Å². The Balaban J connectivity index is 2.12. The van der Waals surface area contributed by atoms with Crippen LogP contribution in [-0.4, -0.2) is 42.3 Å². The minimum Gasteiger partial charge on any atom is -0.389 e. The van der Waals surface area contributed by atoms with Crippen LogP contribution in [0.1, 0.15) is 38.5 Å². The summed E-state index contributed by atoms with van der Waals surface area (Å²) >= 11 is 0. The Morgan fingerprint density at radius 3 is 2.13 bits per heavy atom. The van der Waals surface area contributed by atoms with E-state index >= 15 is 0 Å². The minimum absolute atomic E-state index is 0.0360. The SMILES string of the molecule is CN1CCC(O)(C2(CN)CCCC2)CC1. The zero-order chi connectivity index (χ0) is 10.9. The van der Waals surface area contributed by atoms with Gasteiger partial charge in [0.05, 0.1) is 5.60 Å². The molecule has 2 rings (SSSR count). The van der Waals surface area contributed by atoms with Crippen molar-refractivity contribution in [3.05, 3.63) is 0 Å². The second kappa shape index (κ2) is 4.04. The molecule has 3 heteroatoms. The molecule has 0 bridgehead atoms. The monoisotopic (exact) mass is 212 g/mol. The third-order valence-corrected chi connectivity index (χ3v) is 4.75. The fourth-order valence-corrected chi connectivity index (χ4v) is 3.43. The Morgan fingerprint density at radius 1 is 1.13 bits per heavy atom. The van der Waals surface area contributed by atoms with Crippen LogP contribution in [0.5, 0.6) is 0 Å². The zero-order valence-corrected chi connectivity index (χ0v) is 9.84. The van der Waals surface area contributed by atoms with Crippen LogP contribution in [-0.2, 0) is 0 Å². The molecule has 3 N–H and O–H groups in total. The Hall–Kier alpha value is -0.120. The maximum Gasteiger partial charge on any atom is 0.0740 e. The van der Waals surface area contributed by atoms with Crippen LogP contribution in [0.3, 0.4) is 0 Å². The summed E-state index contributed by atoms with van der Waals surface area (Å²) in [5.74, 6) is 0. The first-order valence-corrected chi connectivity index (χ1v) is 6.23. The van der Waals surface area contributed by atoms with Crippen molar-refractivity contribution in [3.8, 4) is 0 Å². The fourth-order valence-electron chi connectivity index (χ4n) is 3.43. The summed E-state index contributed by atoms with van der Waals surface area (Å²) in [7, 11) is 2.13. The highest BCUT2D eigenvalue weighted by Gasteiger charge is 2.51. The molecule has 0 aromatic rings. The molecular weight excluding hydrogens is 188 g/mol. The van der Waals surface area contributed by atoms with Gasteiger partial charge in [-0.2, -0.15) is 0 Å². The first-order valence-electron chi connectivity index (χ1n) is 6.23. The third kappa shape index (κ3) is 1.81. The molecule has 0 amide bonds. The molecule has 0 radical (unpaired) electrons. The first kappa shape index (κ1) is 11.4. The van der Waals surface area contributed by atoms with Gasteiger partial charge in [-0.25, -0.2) is 0 Å². The molecule has 88 valence electrons. The highest BCUT2D eigenvalue weighted by atomic mass is 16.3. The number of rotatable bonds is 2. The second-order valence-corrected chi connectivity index (χ2v) is 5.53. The Morgan fingerprint density at radius 2 is 1.67 bits per heavy atom. The van der Waals surface area contributed by atoms with E-state index in [4.69, 9.17) is 5.73 Å². The lowest BCUT2D eigenvalue weighted by atomic mass is 9.66. The van der Waals surface area contributed by atoms with Crippen LogP contribution >= 0.6 is 0 Å². The minimum atomic E-state index is -0.481. The fraction of sp³-hybridized carbons (Fsp3) is 1.00. The average molecular weight is 212 g/mol. The predicted molar refractivity (Wildman–Crippen MR) is 61.6 cm³/mol. The third-order valence-electron chi connectivity index (χ3n) is 4.75. The van der Waals surface area contributed by atoms with Gasteiger partial charge in [0.2, 0.25) is 0 Å². The first-order chi connectivity index (χ1) is 7.12. The van der Waals surface area contributed by atoms with Crippen LogP contribution in [0.25, 0.3) is 0 Å². The molecule has 1 aliphatic carbocycles. The topological polar surface area (TPSA) is 49.5 Å².